The van der Waals surface area contributed by atoms with E-state index in [-0.39, 0.29) is 16.6 Å². The number of nitrogens with one attached hydrogen (secondary N) is 2. The molecule has 3 aromatic rings. The number of halogens is 1. The van der Waals surface area contributed by atoms with Crippen LogP contribution in [0.15, 0.2) is 66.7 Å². The second kappa shape index (κ2) is 8.41. The molecule has 142 valence electrons. The topological polar surface area (TPSA) is 93.5 Å². The van der Waals surface area contributed by atoms with E-state index in [9.17, 15) is 14.9 Å². The molecule has 0 atom stereocenters. The Balaban J connectivity index is 1.71. The number of non-ortho nitro benzene ring substituents is 1. The van der Waals surface area contributed by atoms with Gasteiger partial charge < -0.3 is 15.4 Å². The van der Waals surface area contributed by atoms with Gasteiger partial charge in [-0.15, -0.1) is 0 Å². The maximum absolute atomic E-state index is 12.4. The van der Waals surface area contributed by atoms with Gasteiger partial charge in [0.2, 0.25) is 0 Å². The van der Waals surface area contributed by atoms with E-state index in [4.69, 9.17) is 16.3 Å². The Kier molecular flexibility index (Phi) is 5.76. The van der Waals surface area contributed by atoms with Crippen molar-refractivity contribution in [3.05, 3.63) is 87.4 Å². The average Bonchev–Trinajstić information content (AvgIpc) is 2.70. The van der Waals surface area contributed by atoms with Crippen LogP contribution in [0, 0.1) is 10.1 Å². The molecule has 2 N–H and O–H groups in total. The van der Waals surface area contributed by atoms with Crippen LogP contribution < -0.4 is 15.4 Å². The quantitative estimate of drug-likeness (QED) is 0.437. The smallest absolute Gasteiger partial charge is 0.271 e. The summed E-state index contributed by atoms with van der Waals surface area (Å²) in [4.78, 5) is 22.7. The van der Waals surface area contributed by atoms with Crippen LogP contribution in [0.2, 0.25) is 5.02 Å². The summed E-state index contributed by atoms with van der Waals surface area (Å²) in [5.41, 5.74) is 2.17. The monoisotopic (exact) mass is 397 g/mol. The Morgan fingerprint density at radius 3 is 2.39 bits per heavy atom. The van der Waals surface area contributed by atoms with Crippen molar-refractivity contribution in [1.29, 1.82) is 0 Å². The molecule has 0 aromatic heterocycles. The van der Waals surface area contributed by atoms with Gasteiger partial charge in [0.25, 0.3) is 11.6 Å². The zero-order chi connectivity index (χ0) is 20.1. The van der Waals surface area contributed by atoms with E-state index in [2.05, 4.69) is 10.6 Å². The van der Waals surface area contributed by atoms with Crippen molar-refractivity contribution in [1.82, 2.24) is 0 Å². The minimum atomic E-state index is -0.509. The maximum Gasteiger partial charge on any atom is 0.271 e. The molecule has 0 radical (unpaired) electrons. The number of hydrogen-bond donors (Lipinski definition) is 2. The molecule has 0 aliphatic rings. The van der Waals surface area contributed by atoms with Gasteiger partial charge in [0.1, 0.15) is 5.75 Å². The van der Waals surface area contributed by atoms with Crippen LogP contribution in [-0.4, -0.2) is 17.9 Å². The zero-order valence-electron chi connectivity index (χ0n) is 14.8. The van der Waals surface area contributed by atoms with Crippen molar-refractivity contribution in [2.45, 2.75) is 0 Å². The molecule has 3 rings (SSSR count). The van der Waals surface area contributed by atoms with Crippen LogP contribution in [0.25, 0.3) is 0 Å². The summed E-state index contributed by atoms with van der Waals surface area (Å²) in [6.45, 7) is 0. The second-order valence-electron chi connectivity index (χ2n) is 5.78. The number of ether oxygens (including phenoxy) is 1. The first-order valence-electron chi connectivity index (χ1n) is 8.23. The predicted molar refractivity (Wildman–Crippen MR) is 109 cm³/mol. The first kappa shape index (κ1) is 19.2. The molecule has 28 heavy (non-hydrogen) atoms. The van der Waals surface area contributed by atoms with Gasteiger partial charge in [-0.25, -0.2) is 0 Å². The van der Waals surface area contributed by atoms with E-state index in [1.165, 1.54) is 25.3 Å². The molecule has 0 bridgehead atoms. The van der Waals surface area contributed by atoms with Gasteiger partial charge in [0.05, 0.1) is 28.4 Å². The summed E-state index contributed by atoms with van der Waals surface area (Å²) in [6, 6.07) is 18.1. The minimum absolute atomic E-state index is 0.0843. The Labute approximate surface area is 166 Å². The standard InChI is InChI=1S/C20H16ClN3O4/c1-28-19-5-3-2-4-18(19)23-20(25)13-6-8-14(9-7-13)22-17-11-10-15(24(26)27)12-16(17)21/h2-12,22H,1H3,(H,23,25). The minimum Gasteiger partial charge on any atom is -0.495 e. The van der Waals surface area contributed by atoms with Gasteiger partial charge in [-0.3, -0.25) is 14.9 Å². The van der Waals surface area contributed by atoms with Crippen molar-refractivity contribution >= 4 is 40.3 Å². The molecular weight excluding hydrogens is 382 g/mol. The van der Waals surface area contributed by atoms with Crippen LogP contribution in [0.3, 0.4) is 0 Å². The number of benzene rings is 3. The molecule has 0 fully saturated rings. The van der Waals surface area contributed by atoms with Crippen LogP contribution in [0.5, 0.6) is 5.75 Å². The number of methoxy groups -OCH3 is 1. The van der Waals surface area contributed by atoms with Gasteiger partial charge in [-0.05, 0) is 42.5 Å². The molecule has 0 saturated carbocycles. The molecule has 3 aromatic carbocycles. The van der Waals surface area contributed by atoms with Gasteiger partial charge in [-0.1, -0.05) is 23.7 Å². The molecule has 0 unspecified atom stereocenters. The van der Waals surface area contributed by atoms with E-state index in [1.807, 2.05) is 6.07 Å². The highest BCUT2D eigenvalue weighted by Crippen LogP contribution is 2.29. The molecule has 0 aliphatic carbocycles. The van der Waals surface area contributed by atoms with Crippen molar-refractivity contribution in [2.24, 2.45) is 0 Å². The third kappa shape index (κ3) is 4.39. The van der Waals surface area contributed by atoms with E-state index in [1.54, 1.807) is 42.5 Å². The molecule has 0 spiro atoms. The fraction of sp³-hybridized carbons (Fsp3) is 0.0500. The van der Waals surface area contributed by atoms with Crippen molar-refractivity contribution in [2.75, 3.05) is 17.7 Å². The van der Waals surface area contributed by atoms with E-state index >= 15 is 0 Å². The fourth-order valence-electron chi connectivity index (χ4n) is 2.52. The van der Waals surface area contributed by atoms with Crippen LogP contribution in [0.4, 0.5) is 22.7 Å². The zero-order valence-corrected chi connectivity index (χ0v) is 15.6. The number of anilines is 3. The molecule has 1 amide bonds. The summed E-state index contributed by atoms with van der Waals surface area (Å²) in [6.07, 6.45) is 0. The first-order valence-corrected chi connectivity index (χ1v) is 8.61. The summed E-state index contributed by atoms with van der Waals surface area (Å²) >= 11 is 6.08. The molecule has 8 heteroatoms. The van der Waals surface area contributed by atoms with Gasteiger partial charge in [0.15, 0.2) is 0 Å². The predicted octanol–water partition coefficient (Wildman–Crippen LogP) is 5.25. The lowest BCUT2D eigenvalue weighted by molar-refractivity contribution is -0.384. The second-order valence-corrected chi connectivity index (χ2v) is 6.19. The van der Waals surface area contributed by atoms with Gasteiger partial charge >= 0.3 is 0 Å². The lowest BCUT2D eigenvalue weighted by Crippen LogP contribution is -2.12. The van der Waals surface area contributed by atoms with Crippen molar-refractivity contribution in [3.63, 3.8) is 0 Å². The highest BCUT2D eigenvalue weighted by molar-refractivity contribution is 6.33. The van der Waals surface area contributed by atoms with Crippen LogP contribution in [-0.2, 0) is 0 Å². The lowest BCUT2D eigenvalue weighted by Gasteiger charge is -2.11. The summed E-state index contributed by atoms with van der Waals surface area (Å²) in [7, 11) is 1.54. The largest absolute Gasteiger partial charge is 0.495 e. The van der Waals surface area contributed by atoms with E-state index in [0.29, 0.717) is 28.4 Å². The first-order chi connectivity index (χ1) is 13.5. The third-order valence-electron chi connectivity index (χ3n) is 3.94. The molecule has 0 saturated heterocycles. The Bertz CT molecular complexity index is 1020. The Morgan fingerprint density at radius 1 is 1.04 bits per heavy atom. The Hall–Kier alpha value is -3.58. The van der Waals surface area contributed by atoms with Gasteiger partial charge in [0, 0.05) is 23.4 Å². The summed E-state index contributed by atoms with van der Waals surface area (Å²) in [5.74, 6) is 0.298. The number of amides is 1. The number of nitro benzene ring substituents is 1. The normalized spacial score (nSPS) is 10.2. The van der Waals surface area contributed by atoms with Crippen LogP contribution >= 0.6 is 11.6 Å². The Morgan fingerprint density at radius 2 is 1.75 bits per heavy atom. The van der Waals surface area contributed by atoms with E-state index in [0.717, 1.165) is 0 Å². The number of nitro groups is 1. The van der Waals surface area contributed by atoms with Crippen molar-refractivity contribution < 1.29 is 14.5 Å². The van der Waals surface area contributed by atoms with Gasteiger partial charge in [-0.2, -0.15) is 0 Å². The fourth-order valence-corrected chi connectivity index (χ4v) is 2.74. The number of rotatable bonds is 6. The maximum atomic E-state index is 12.4. The molecule has 0 heterocycles. The van der Waals surface area contributed by atoms with E-state index < -0.39 is 4.92 Å². The van der Waals surface area contributed by atoms with Crippen LogP contribution in [0.1, 0.15) is 10.4 Å². The third-order valence-corrected chi connectivity index (χ3v) is 4.26. The highest BCUT2D eigenvalue weighted by Gasteiger charge is 2.11. The number of hydrogen-bond acceptors (Lipinski definition) is 5. The number of para-hydroxylation sites is 2. The highest BCUT2D eigenvalue weighted by atomic mass is 35.5. The summed E-state index contributed by atoms with van der Waals surface area (Å²) in [5, 5.41) is 16.9. The molecular formula is C20H16ClN3O4. The van der Waals surface area contributed by atoms with Crippen molar-refractivity contribution in [3.8, 4) is 5.75 Å². The average molecular weight is 398 g/mol. The number of nitrogens with zero attached hydrogens (tertiary/aromatic N) is 1. The summed E-state index contributed by atoms with van der Waals surface area (Å²) < 4.78 is 5.22. The molecule has 0 aliphatic heterocycles. The lowest BCUT2D eigenvalue weighted by atomic mass is 10.1. The number of carbonyl (C=O) groups excluding carboxylic acids is 1. The number of carbonyl (C=O) groups is 1. The molecule has 7 nitrogen and oxygen atoms in total. The SMILES string of the molecule is COc1ccccc1NC(=O)c1ccc(Nc2ccc([N+](=O)[O-])cc2Cl)cc1.